The Bertz CT molecular complexity index is 106. The fourth-order valence-electron chi connectivity index (χ4n) is 1.01. The first-order chi connectivity index (χ1) is 4.58. The lowest BCUT2D eigenvalue weighted by molar-refractivity contribution is -0.162. The van der Waals surface area contributed by atoms with Gasteiger partial charge in [0.1, 0.15) is 0 Å². The average Bonchev–Trinajstić information content (AvgIpc) is 2.12. The summed E-state index contributed by atoms with van der Waals surface area (Å²) in [6, 6.07) is -0.431. The quantitative estimate of drug-likeness (QED) is 0.536. The molecule has 2 nitrogen and oxygen atoms in total. The maximum absolute atomic E-state index is 11.6. The first-order valence-electron chi connectivity index (χ1n) is 3.13. The third kappa shape index (κ3) is 2.53. The van der Waals surface area contributed by atoms with Crippen molar-refractivity contribution in [2.75, 3.05) is 13.1 Å². The van der Waals surface area contributed by atoms with E-state index in [1.807, 2.05) is 0 Å². The van der Waals surface area contributed by atoms with Gasteiger partial charge in [0.25, 0.3) is 0 Å². The molecule has 5 heteroatoms. The fourth-order valence-corrected chi connectivity index (χ4v) is 1.01. The molecule has 1 aliphatic rings. The lowest BCUT2D eigenvalue weighted by Crippen LogP contribution is -2.41. The molecule has 0 bridgehead atoms. The molecule has 0 amide bonds. The van der Waals surface area contributed by atoms with Crippen LogP contribution in [0.1, 0.15) is 6.42 Å². The van der Waals surface area contributed by atoms with Gasteiger partial charge in [-0.3, -0.25) is 0 Å². The van der Waals surface area contributed by atoms with Gasteiger partial charge in [0.05, 0.1) is 0 Å². The van der Waals surface area contributed by atoms with Crippen molar-refractivity contribution in [3.8, 4) is 0 Å². The van der Waals surface area contributed by atoms with Gasteiger partial charge in [-0.05, 0) is 13.0 Å². The van der Waals surface area contributed by atoms with E-state index in [1.165, 1.54) is 0 Å². The Balaban J connectivity index is 2.24. The standard InChI is InChI=1S/C5H9F3N2/c6-5(7,8)10-4-1-2-9-3-4/h4,9-10H,1-3H2. The van der Waals surface area contributed by atoms with Crippen molar-refractivity contribution in [1.82, 2.24) is 10.6 Å². The number of rotatable bonds is 1. The third-order valence-electron chi connectivity index (χ3n) is 1.43. The smallest absolute Gasteiger partial charge is 0.315 e. The van der Waals surface area contributed by atoms with Crippen LogP contribution < -0.4 is 10.6 Å². The van der Waals surface area contributed by atoms with Crippen molar-refractivity contribution < 1.29 is 13.2 Å². The summed E-state index contributed by atoms with van der Waals surface area (Å²) in [7, 11) is 0. The van der Waals surface area contributed by atoms with Crippen LogP contribution in [0, 0.1) is 0 Å². The molecule has 1 rings (SSSR count). The van der Waals surface area contributed by atoms with Crippen molar-refractivity contribution in [2.45, 2.75) is 18.8 Å². The molecular formula is C5H9F3N2. The van der Waals surface area contributed by atoms with E-state index in [9.17, 15) is 13.2 Å². The lowest BCUT2D eigenvalue weighted by Gasteiger charge is -2.13. The predicted octanol–water partition coefficient (Wildman–Crippen LogP) is 0.458. The van der Waals surface area contributed by atoms with Crippen LogP contribution >= 0.6 is 0 Å². The molecule has 1 aliphatic heterocycles. The highest BCUT2D eigenvalue weighted by atomic mass is 19.4. The van der Waals surface area contributed by atoms with Crippen molar-refractivity contribution in [3.63, 3.8) is 0 Å². The summed E-state index contributed by atoms with van der Waals surface area (Å²) < 4.78 is 34.7. The summed E-state index contributed by atoms with van der Waals surface area (Å²) in [5.41, 5.74) is 0. The summed E-state index contributed by atoms with van der Waals surface area (Å²) in [6.07, 6.45) is -3.67. The van der Waals surface area contributed by atoms with Gasteiger partial charge in [0.2, 0.25) is 0 Å². The maximum atomic E-state index is 11.6. The van der Waals surface area contributed by atoms with E-state index in [-0.39, 0.29) is 0 Å². The predicted molar refractivity (Wildman–Crippen MR) is 30.5 cm³/mol. The SMILES string of the molecule is FC(F)(F)NC1CCNC1. The molecule has 1 saturated heterocycles. The number of hydrogen-bond donors (Lipinski definition) is 2. The first-order valence-corrected chi connectivity index (χ1v) is 3.13. The minimum atomic E-state index is -4.23. The molecule has 1 atom stereocenters. The molecule has 10 heavy (non-hydrogen) atoms. The summed E-state index contributed by atoms with van der Waals surface area (Å²) in [5, 5.41) is 4.39. The zero-order valence-electron chi connectivity index (χ0n) is 5.33. The maximum Gasteiger partial charge on any atom is 0.457 e. The van der Waals surface area contributed by atoms with Gasteiger partial charge < -0.3 is 5.32 Å². The third-order valence-corrected chi connectivity index (χ3v) is 1.43. The van der Waals surface area contributed by atoms with Gasteiger partial charge in [-0.25, -0.2) is 5.32 Å². The van der Waals surface area contributed by atoms with Crippen LogP contribution in [0.4, 0.5) is 13.2 Å². The van der Waals surface area contributed by atoms with E-state index in [0.29, 0.717) is 19.5 Å². The van der Waals surface area contributed by atoms with Crippen molar-refractivity contribution in [2.24, 2.45) is 0 Å². The van der Waals surface area contributed by atoms with Crippen LogP contribution in [0.15, 0.2) is 0 Å². The number of nitrogens with one attached hydrogen (secondary N) is 2. The zero-order valence-corrected chi connectivity index (χ0v) is 5.33. The second-order valence-electron chi connectivity index (χ2n) is 2.33. The summed E-state index contributed by atoms with van der Waals surface area (Å²) in [6.45, 7) is 1.09. The van der Waals surface area contributed by atoms with Crippen LogP contribution in [0.3, 0.4) is 0 Å². The van der Waals surface area contributed by atoms with Crippen LogP contribution in [0.2, 0.25) is 0 Å². The molecule has 1 unspecified atom stereocenters. The van der Waals surface area contributed by atoms with E-state index < -0.39 is 12.3 Å². The normalized spacial score (nSPS) is 27.3. The summed E-state index contributed by atoms with van der Waals surface area (Å²) in [4.78, 5) is 0. The highest BCUT2D eigenvalue weighted by molar-refractivity contribution is 4.77. The molecular weight excluding hydrogens is 145 g/mol. The van der Waals surface area contributed by atoms with Crippen LogP contribution in [0.25, 0.3) is 0 Å². The Kier molecular flexibility index (Phi) is 2.15. The number of hydrogen-bond acceptors (Lipinski definition) is 2. The van der Waals surface area contributed by atoms with Crippen LogP contribution in [-0.4, -0.2) is 25.4 Å². The van der Waals surface area contributed by atoms with Crippen molar-refractivity contribution in [1.29, 1.82) is 0 Å². The second kappa shape index (κ2) is 2.75. The Hall–Kier alpha value is -0.290. The fraction of sp³-hybridized carbons (Fsp3) is 1.00. The molecule has 60 valence electrons. The number of halogens is 3. The molecule has 0 aromatic carbocycles. The molecule has 0 aromatic heterocycles. The van der Waals surface area contributed by atoms with Gasteiger partial charge in [-0.1, -0.05) is 0 Å². The van der Waals surface area contributed by atoms with Gasteiger partial charge in [0, 0.05) is 12.6 Å². The highest BCUT2D eigenvalue weighted by Crippen LogP contribution is 2.12. The Morgan fingerprint density at radius 2 is 2.10 bits per heavy atom. The highest BCUT2D eigenvalue weighted by Gasteiger charge is 2.31. The molecule has 0 saturated carbocycles. The van der Waals surface area contributed by atoms with E-state index in [4.69, 9.17) is 0 Å². The molecule has 0 radical (unpaired) electrons. The number of alkyl halides is 3. The minimum absolute atomic E-state index is 0.416. The Morgan fingerprint density at radius 3 is 2.50 bits per heavy atom. The molecule has 1 fully saturated rings. The Labute approximate surface area is 56.8 Å². The first kappa shape index (κ1) is 7.81. The van der Waals surface area contributed by atoms with Crippen LogP contribution in [-0.2, 0) is 0 Å². The molecule has 0 aromatic rings. The van der Waals surface area contributed by atoms with E-state index in [2.05, 4.69) is 5.32 Å². The molecule has 1 heterocycles. The van der Waals surface area contributed by atoms with Crippen molar-refractivity contribution in [3.05, 3.63) is 0 Å². The molecule has 2 N–H and O–H groups in total. The monoisotopic (exact) mass is 154 g/mol. The Morgan fingerprint density at radius 1 is 1.40 bits per heavy atom. The minimum Gasteiger partial charge on any atom is -0.315 e. The van der Waals surface area contributed by atoms with Gasteiger partial charge in [-0.2, -0.15) is 13.2 Å². The second-order valence-corrected chi connectivity index (χ2v) is 2.33. The van der Waals surface area contributed by atoms with Crippen molar-refractivity contribution >= 4 is 0 Å². The molecule has 0 aliphatic carbocycles. The average molecular weight is 154 g/mol. The van der Waals surface area contributed by atoms with E-state index in [1.54, 1.807) is 5.32 Å². The van der Waals surface area contributed by atoms with Gasteiger partial charge in [0.15, 0.2) is 0 Å². The topological polar surface area (TPSA) is 24.1 Å². The molecule has 0 spiro atoms. The van der Waals surface area contributed by atoms with Gasteiger partial charge >= 0.3 is 6.30 Å². The van der Waals surface area contributed by atoms with E-state index in [0.717, 1.165) is 0 Å². The largest absolute Gasteiger partial charge is 0.457 e. The van der Waals surface area contributed by atoms with Gasteiger partial charge in [-0.15, -0.1) is 0 Å². The summed E-state index contributed by atoms with van der Waals surface area (Å²) >= 11 is 0. The van der Waals surface area contributed by atoms with E-state index >= 15 is 0 Å². The zero-order chi connectivity index (χ0) is 7.61. The van der Waals surface area contributed by atoms with Crippen LogP contribution in [0.5, 0.6) is 0 Å². The lowest BCUT2D eigenvalue weighted by atomic mass is 10.3. The summed E-state index contributed by atoms with van der Waals surface area (Å²) in [5.74, 6) is 0.